The Labute approximate surface area is 169 Å². The molecule has 0 unspecified atom stereocenters. The van der Waals surface area contributed by atoms with Crippen LogP contribution in [0.3, 0.4) is 0 Å². The summed E-state index contributed by atoms with van der Waals surface area (Å²) in [6.45, 7) is 4.59. The van der Waals surface area contributed by atoms with Gasteiger partial charge in [-0.15, -0.1) is 0 Å². The van der Waals surface area contributed by atoms with E-state index in [1.165, 1.54) is 5.01 Å². The highest BCUT2D eigenvalue weighted by Crippen LogP contribution is 2.25. The van der Waals surface area contributed by atoms with Gasteiger partial charge >= 0.3 is 0 Å². The summed E-state index contributed by atoms with van der Waals surface area (Å²) < 4.78 is 0. The average molecular weight is 390 g/mol. The summed E-state index contributed by atoms with van der Waals surface area (Å²) in [5.74, 6) is 0.0400. The van der Waals surface area contributed by atoms with Gasteiger partial charge in [-0.2, -0.15) is 10.4 Å². The van der Waals surface area contributed by atoms with Gasteiger partial charge in [0.25, 0.3) is 5.91 Å². The van der Waals surface area contributed by atoms with Gasteiger partial charge in [0.1, 0.15) is 17.6 Å². The molecule has 148 valence electrons. The molecule has 0 radical (unpaired) electrons. The first-order valence-electron chi connectivity index (χ1n) is 9.34. The summed E-state index contributed by atoms with van der Waals surface area (Å²) in [5, 5.41) is 20.5. The topological polar surface area (TPSA) is 110 Å². The minimum Gasteiger partial charge on any atom is -0.367 e. The van der Waals surface area contributed by atoms with Gasteiger partial charge in [-0.1, -0.05) is 12.1 Å². The fourth-order valence-corrected chi connectivity index (χ4v) is 2.95. The first-order chi connectivity index (χ1) is 14.0. The zero-order chi connectivity index (χ0) is 20.8. The van der Waals surface area contributed by atoms with Crippen molar-refractivity contribution in [3.8, 4) is 6.07 Å². The smallest absolute Gasteiger partial charge is 0.267 e. The molecule has 0 bridgehead atoms. The molecule has 0 spiro atoms. The molecule has 3 rings (SSSR count). The number of pyridine rings is 1. The molecule has 2 N–H and O–H groups in total. The lowest BCUT2D eigenvalue weighted by Gasteiger charge is -2.24. The molecule has 8 heteroatoms. The predicted molar refractivity (Wildman–Crippen MR) is 111 cm³/mol. The van der Waals surface area contributed by atoms with Gasteiger partial charge in [0.05, 0.1) is 11.3 Å². The highest BCUT2D eigenvalue weighted by atomic mass is 16.2. The molecule has 2 heterocycles. The van der Waals surface area contributed by atoms with E-state index in [2.05, 4.69) is 26.8 Å². The van der Waals surface area contributed by atoms with Crippen LogP contribution in [0.15, 0.2) is 41.6 Å². The predicted octanol–water partition coefficient (Wildman–Crippen LogP) is 2.28. The van der Waals surface area contributed by atoms with E-state index in [9.17, 15) is 9.59 Å². The summed E-state index contributed by atoms with van der Waals surface area (Å²) in [7, 11) is 0. The maximum Gasteiger partial charge on any atom is 0.267 e. The van der Waals surface area contributed by atoms with Crippen molar-refractivity contribution in [2.24, 2.45) is 5.10 Å². The van der Waals surface area contributed by atoms with E-state index >= 15 is 0 Å². The summed E-state index contributed by atoms with van der Waals surface area (Å²) in [6.07, 6.45) is 2.13. The van der Waals surface area contributed by atoms with Crippen molar-refractivity contribution < 1.29 is 9.59 Å². The molecule has 1 aliphatic rings. The molecule has 1 aromatic heterocycles. The number of nitrogens with zero attached hydrogens (tertiary/aromatic N) is 4. The van der Waals surface area contributed by atoms with Gasteiger partial charge in [0.15, 0.2) is 0 Å². The standard InChI is InChI=1S/C21H22N6O2/c1-14-5-6-15(2)18(12-14)27-19(28)8-7-17(26-27)21(29)25-11-10-24-20-16(13-22)4-3-9-23-20/h3-6,9,12H,7-8,10-11H2,1-2H3,(H,23,24)(H,25,29). The van der Waals surface area contributed by atoms with E-state index in [0.29, 0.717) is 42.3 Å². The van der Waals surface area contributed by atoms with Crippen LogP contribution in [0.25, 0.3) is 0 Å². The van der Waals surface area contributed by atoms with Gasteiger partial charge in [0, 0.05) is 32.1 Å². The van der Waals surface area contributed by atoms with Gasteiger partial charge in [-0.3, -0.25) is 9.59 Å². The molecule has 2 aromatic rings. The highest BCUT2D eigenvalue weighted by molar-refractivity contribution is 6.40. The quantitative estimate of drug-likeness (QED) is 0.735. The van der Waals surface area contributed by atoms with E-state index in [0.717, 1.165) is 11.1 Å². The summed E-state index contributed by atoms with van der Waals surface area (Å²) in [4.78, 5) is 28.9. The monoisotopic (exact) mass is 390 g/mol. The second-order valence-corrected chi connectivity index (χ2v) is 6.74. The molecule has 8 nitrogen and oxygen atoms in total. The van der Waals surface area contributed by atoms with Crippen molar-refractivity contribution in [2.45, 2.75) is 26.7 Å². The number of aryl methyl sites for hydroxylation is 2. The van der Waals surface area contributed by atoms with Crippen molar-refractivity contribution in [1.82, 2.24) is 10.3 Å². The van der Waals surface area contributed by atoms with E-state index in [1.807, 2.05) is 32.0 Å². The molecule has 0 saturated carbocycles. The number of rotatable bonds is 6. The molecule has 29 heavy (non-hydrogen) atoms. The minimum absolute atomic E-state index is 0.129. The molecule has 1 aromatic carbocycles. The normalized spacial score (nSPS) is 13.5. The number of carbonyl (C=O) groups excluding carboxylic acids is 2. The molecule has 1 aliphatic heterocycles. The van der Waals surface area contributed by atoms with Crippen LogP contribution in [0.1, 0.15) is 29.5 Å². The summed E-state index contributed by atoms with van der Waals surface area (Å²) >= 11 is 0. The molecular weight excluding hydrogens is 368 g/mol. The fourth-order valence-electron chi connectivity index (χ4n) is 2.95. The van der Waals surface area contributed by atoms with Crippen LogP contribution < -0.4 is 15.6 Å². The first kappa shape index (κ1) is 20.0. The van der Waals surface area contributed by atoms with Crippen LogP contribution in [-0.4, -0.2) is 35.6 Å². The van der Waals surface area contributed by atoms with Crippen molar-refractivity contribution >= 4 is 29.0 Å². The highest BCUT2D eigenvalue weighted by Gasteiger charge is 2.26. The largest absolute Gasteiger partial charge is 0.367 e. The number of amides is 2. The lowest BCUT2D eigenvalue weighted by Crippen LogP contribution is -2.40. The Balaban J connectivity index is 1.62. The number of carbonyl (C=O) groups is 2. The molecular formula is C21H22N6O2. The van der Waals surface area contributed by atoms with E-state index < -0.39 is 0 Å². The van der Waals surface area contributed by atoms with Crippen molar-refractivity contribution in [3.63, 3.8) is 0 Å². The SMILES string of the molecule is Cc1ccc(C)c(N2N=C(C(=O)NCCNc3ncccc3C#N)CCC2=O)c1. The molecule has 0 saturated heterocycles. The van der Waals surface area contributed by atoms with Crippen molar-refractivity contribution in [2.75, 3.05) is 23.4 Å². The number of anilines is 2. The lowest BCUT2D eigenvalue weighted by atomic mass is 10.1. The number of hydrogen-bond donors (Lipinski definition) is 2. The van der Waals surface area contributed by atoms with Crippen LogP contribution >= 0.6 is 0 Å². The Kier molecular flexibility index (Phi) is 6.19. The number of nitrogens with one attached hydrogen (secondary N) is 2. The molecule has 2 amide bonds. The number of benzene rings is 1. The lowest BCUT2D eigenvalue weighted by molar-refractivity contribution is -0.118. The zero-order valence-corrected chi connectivity index (χ0v) is 16.4. The van der Waals surface area contributed by atoms with Crippen molar-refractivity contribution in [1.29, 1.82) is 5.26 Å². The van der Waals surface area contributed by atoms with Gasteiger partial charge in [0.2, 0.25) is 5.91 Å². The Morgan fingerprint density at radius 2 is 2.07 bits per heavy atom. The fraction of sp³-hybridized carbons (Fsp3) is 0.286. The Bertz CT molecular complexity index is 1010. The Hall–Kier alpha value is -3.73. The maximum atomic E-state index is 12.5. The molecule has 0 atom stereocenters. The average Bonchev–Trinajstić information content (AvgIpc) is 2.73. The number of hydrazone groups is 1. The van der Waals surface area contributed by atoms with E-state index in [4.69, 9.17) is 5.26 Å². The third kappa shape index (κ3) is 4.76. The van der Waals surface area contributed by atoms with Gasteiger partial charge in [-0.25, -0.2) is 9.99 Å². The molecule has 0 fully saturated rings. The van der Waals surface area contributed by atoms with Gasteiger partial charge in [-0.05, 0) is 43.2 Å². The summed E-state index contributed by atoms with van der Waals surface area (Å²) in [6, 6.07) is 11.2. The molecule has 0 aliphatic carbocycles. The van der Waals surface area contributed by atoms with Crippen molar-refractivity contribution in [3.05, 3.63) is 53.2 Å². The maximum absolute atomic E-state index is 12.5. The second-order valence-electron chi connectivity index (χ2n) is 6.74. The first-order valence-corrected chi connectivity index (χ1v) is 9.34. The third-order valence-electron chi connectivity index (χ3n) is 4.52. The Morgan fingerprint density at radius 3 is 2.86 bits per heavy atom. The number of aromatic nitrogens is 1. The van der Waals surface area contributed by atoms with Crippen LogP contribution in [0, 0.1) is 25.2 Å². The number of hydrogen-bond acceptors (Lipinski definition) is 6. The minimum atomic E-state index is -0.309. The van der Waals surface area contributed by atoms with E-state index in [-0.39, 0.29) is 18.2 Å². The van der Waals surface area contributed by atoms with Crippen LogP contribution in [-0.2, 0) is 9.59 Å². The summed E-state index contributed by atoms with van der Waals surface area (Å²) in [5.41, 5.74) is 3.39. The zero-order valence-electron chi connectivity index (χ0n) is 16.4. The van der Waals surface area contributed by atoms with Crippen LogP contribution in [0.2, 0.25) is 0 Å². The van der Waals surface area contributed by atoms with Crippen LogP contribution in [0.4, 0.5) is 11.5 Å². The number of nitriles is 1. The second kappa shape index (κ2) is 8.97. The van der Waals surface area contributed by atoms with E-state index in [1.54, 1.807) is 18.3 Å². The Morgan fingerprint density at radius 1 is 1.24 bits per heavy atom. The third-order valence-corrected chi connectivity index (χ3v) is 4.52. The van der Waals surface area contributed by atoms with Gasteiger partial charge < -0.3 is 10.6 Å². The van der Waals surface area contributed by atoms with Crippen LogP contribution in [0.5, 0.6) is 0 Å².